The zero-order valence-electron chi connectivity index (χ0n) is 14.0. The number of fused-ring (bicyclic) bond motifs is 5. The summed E-state index contributed by atoms with van der Waals surface area (Å²) in [6, 6.07) is 9.15. The van der Waals surface area contributed by atoms with Crippen LogP contribution < -0.4 is 0 Å². The van der Waals surface area contributed by atoms with Crippen molar-refractivity contribution in [2.45, 2.75) is 64.2 Å². The van der Waals surface area contributed by atoms with E-state index in [4.69, 9.17) is 5.26 Å². The summed E-state index contributed by atoms with van der Waals surface area (Å²) in [6.45, 7) is 2.24. The minimum absolute atomic E-state index is 0.0224. The van der Waals surface area contributed by atoms with E-state index in [1.165, 1.54) is 24.0 Å². The second-order valence-electron chi connectivity index (χ2n) is 8.02. The van der Waals surface area contributed by atoms with Gasteiger partial charge in [0.15, 0.2) is 0 Å². The highest BCUT2D eigenvalue weighted by molar-refractivity contribution is 5.87. The molecular formula is C21H25NO. The number of Topliss-reactive ketones (excluding diaryl/α,β-unsaturated/α-hetero) is 1. The van der Waals surface area contributed by atoms with Crippen molar-refractivity contribution in [1.29, 1.82) is 5.26 Å². The number of hydrogen-bond donors (Lipinski definition) is 0. The summed E-state index contributed by atoms with van der Waals surface area (Å²) >= 11 is 0. The first-order valence-electron chi connectivity index (χ1n) is 9.15. The van der Waals surface area contributed by atoms with Crippen LogP contribution in [0, 0.1) is 28.6 Å². The van der Waals surface area contributed by atoms with E-state index in [1.54, 1.807) is 5.56 Å². The molecule has 0 unspecified atom stereocenters. The molecule has 3 aliphatic rings. The molecule has 0 aromatic heterocycles. The van der Waals surface area contributed by atoms with Crippen LogP contribution in [0.2, 0.25) is 0 Å². The lowest BCUT2D eigenvalue weighted by Crippen LogP contribution is -2.42. The van der Waals surface area contributed by atoms with Crippen LogP contribution in [-0.4, -0.2) is 5.78 Å². The summed E-state index contributed by atoms with van der Waals surface area (Å²) < 4.78 is 0. The van der Waals surface area contributed by atoms with Gasteiger partial charge in [-0.1, -0.05) is 25.1 Å². The fourth-order valence-corrected chi connectivity index (χ4v) is 5.76. The maximum atomic E-state index is 12.4. The molecule has 0 aliphatic heterocycles. The van der Waals surface area contributed by atoms with Crippen molar-refractivity contribution in [3.63, 3.8) is 0 Å². The summed E-state index contributed by atoms with van der Waals surface area (Å²) in [4.78, 5) is 12.4. The summed E-state index contributed by atoms with van der Waals surface area (Å²) in [6.07, 6.45) is 8.04. The third kappa shape index (κ3) is 2.24. The third-order valence-corrected chi connectivity index (χ3v) is 7.03. The molecule has 2 saturated carbocycles. The van der Waals surface area contributed by atoms with E-state index in [2.05, 4.69) is 31.2 Å². The number of carbonyl (C=O) groups is 1. The fourth-order valence-electron chi connectivity index (χ4n) is 5.76. The highest BCUT2D eigenvalue weighted by Gasteiger charge is 2.54. The van der Waals surface area contributed by atoms with Crippen LogP contribution in [0.3, 0.4) is 0 Å². The monoisotopic (exact) mass is 307 g/mol. The van der Waals surface area contributed by atoms with Crippen molar-refractivity contribution in [2.75, 3.05) is 0 Å². The van der Waals surface area contributed by atoms with Gasteiger partial charge in [-0.2, -0.15) is 5.26 Å². The van der Waals surface area contributed by atoms with E-state index in [0.29, 0.717) is 30.0 Å². The Morgan fingerprint density at radius 1 is 1.26 bits per heavy atom. The quantitative estimate of drug-likeness (QED) is 0.803. The van der Waals surface area contributed by atoms with E-state index in [0.717, 1.165) is 32.1 Å². The Balaban J connectivity index is 1.62. The second-order valence-corrected chi connectivity index (χ2v) is 8.02. The van der Waals surface area contributed by atoms with Gasteiger partial charge >= 0.3 is 0 Å². The van der Waals surface area contributed by atoms with Gasteiger partial charge in [-0.3, -0.25) is 4.79 Å². The third-order valence-electron chi connectivity index (χ3n) is 7.03. The van der Waals surface area contributed by atoms with Gasteiger partial charge < -0.3 is 0 Å². The molecule has 0 N–H and O–H groups in total. The lowest BCUT2D eigenvalue weighted by Gasteiger charge is -2.48. The Labute approximate surface area is 138 Å². The number of benzene rings is 1. The van der Waals surface area contributed by atoms with E-state index in [9.17, 15) is 4.79 Å². The minimum Gasteiger partial charge on any atom is -0.299 e. The predicted molar refractivity (Wildman–Crippen MR) is 90.0 cm³/mol. The van der Waals surface area contributed by atoms with Crippen LogP contribution in [0.25, 0.3) is 0 Å². The SMILES string of the molecule is C[C@]12CC[C@@H]3c4ccc(CCC#N)cc4CC[C@H]3[C@@H]1CCC2=O. The average Bonchev–Trinajstić information content (AvgIpc) is 2.88. The molecule has 0 bridgehead atoms. The van der Waals surface area contributed by atoms with Gasteiger partial charge in [-0.05, 0) is 73.0 Å². The van der Waals surface area contributed by atoms with Crippen molar-refractivity contribution in [2.24, 2.45) is 17.3 Å². The summed E-state index contributed by atoms with van der Waals surface area (Å²) in [7, 11) is 0. The first kappa shape index (κ1) is 14.9. The Morgan fingerprint density at radius 2 is 2.13 bits per heavy atom. The average molecular weight is 307 g/mol. The maximum Gasteiger partial charge on any atom is 0.139 e. The topological polar surface area (TPSA) is 40.9 Å². The standard InChI is InChI=1S/C21H25NO/c1-21-11-10-17-16-6-4-14(3-2-12-22)13-15(16)5-7-18(17)19(21)8-9-20(21)23/h4,6,13,17-19H,2-3,5,7-11H2,1H3/t17-,18-,19+,21+/m1/s1. The maximum absolute atomic E-state index is 12.4. The molecule has 2 heteroatoms. The number of aryl methyl sites for hydroxylation is 2. The van der Waals surface area contributed by atoms with Crippen LogP contribution in [0.1, 0.15) is 68.1 Å². The summed E-state index contributed by atoms with van der Waals surface area (Å²) in [5.74, 6) is 2.50. The molecule has 120 valence electrons. The van der Waals surface area contributed by atoms with Crippen LogP contribution in [0.4, 0.5) is 0 Å². The first-order valence-corrected chi connectivity index (χ1v) is 9.15. The lowest BCUT2D eigenvalue weighted by molar-refractivity contribution is -0.129. The van der Waals surface area contributed by atoms with Gasteiger partial charge in [0.05, 0.1) is 6.07 Å². The Bertz CT molecular complexity index is 686. The molecule has 1 aromatic rings. The molecule has 4 rings (SSSR count). The lowest BCUT2D eigenvalue weighted by atomic mass is 9.55. The normalized spacial score (nSPS) is 35.1. The highest BCUT2D eigenvalue weighted by atomic mass is 16.1. The number of ketones is 1. The molecule has 2 nitrogen and oxygen atoms in total. The van der Waals surface area contributed by atoms with Crippen molar-refractivity contribution in [3.05, 3.63) is 34.9 Å². The van der Waals surface area contributed by atoms with Crippen molar-refractivity contribution < 1.29 is 4.79 Å². The van der Waals surface area contributed by atoms with Crippen molar-refractivity contribution in [3.8, 4) is 6.07 Å². The van der Waals surface area contributed by atoms with Gasteiger partial charge in [-0.25, -0.2) is 0 Å². The molecule has 4 atom stereocenters. The molecular weight excluding hydrogens is 282 g/mol. The largest absolute Gasteiger partial charge is 0.299 e. The Hall–Kier alpha value is -1.62. The van der Waals surface area contributed by atoms with Gasteiger partial charge in [0, 0.05) is 18.3 Å². The first-order chi connectivity index (χ1) is 11.1. The number of nitrogens with zero attached hydrogens (tertiary/aromatic N) is 1. The van der Waals surface area contributed by atoms with Crippen LogP contribution in [-0.2, 0) is 17.6 Å². The minimum atomic E-state index is -0.0224. The van der Waals surface area contributed by atoms with Gasteiger partial charge in [0.1, 0.15) is 5.78 Å². The number of hydrogen-bond acceptors (Lipinski definition) is 2. The van der Waals surface area contributed by atoms with E-state index < -0.39 is 0 Å². The molecule has 0 spiro atoms. The second kappa shape index (κ2) is 5.48. The molecule has 3 aliphatic carbocycles. The zero-order chi connectivity index (χ0) is 16.0. The van der Waals surface area contributed by atoms with Crippen molar-refractivity contribution >= 4 is 5.78 Å². The molecule has 0 heterocycles. The molecule has 1 aromatic carbocycles. The fraction of sp³-hybridized carbons (Fsp3) is 0.619. The zero-order valence-corrected chi connectivity index (χ0v) is 14.0. The highest BCUT2D eigenvalue weighted by Crippen LogP contribution is 2.59. The van der Waals surface area contributed by atoms with Gasteiger partial charge in [-0.15, -0.1) is 0 Å². The van der Waals surface area contributed by atoms with Gasteiger partial charge in [0.25, 0.3) is 0 Å². The Morgan fingerprint density at radius 3 is 2.96 bits per heavy atom. The van der Waals surface area contributed by atoms with Gasteiger partial charge in [0.2, 0.25) is 0 Å². The number of rotatable bonds is 2. The van der Waals surface area contributed by atoms with E-state index in [1.807, 2.05) is 0 Å². The van der Waals surface area contributed by atoms with Crippen molar-refractivity contribution in [1.82, 2.24) is 0 Å². The summed E-state index contributed by atoms with van der Waals surface area (Å²) in [5, 5.41) is 8.78. The molecule has 23 heavy (non-hydrogen) atoms. The molecule has 0 saturated heterocycles. The summed E-state index contributed by atoms with van der Waals surface area (Å²) in [5.41, 5.74) is 4.34. The van der Waals surface area contributed by atoms with Crippen LogP contribution in [0.5, 0.6) is 0 Å². The predicted octanol–water partition coefficient (Wildman–Crippen LogP) is 4.57. The van der Waals surface area contributed by atoms with Crippen LogP contribution in [0.15, 0.2) is 18.2 Å². The molecule has 2 fully saturated rings. The van der Waals surface area contributed by atoms with E-state index in [-0.39, 0.29) is 5.41 Å². The van der Waals surface area contributed by atoms with E-state index >= 15 is 0 Å². The smallest absolute Gasteiger partial charge is 0.139 e. The Kier molecular flexibility index (Phi) is 3.56. The number of nitriles is 1. The van der Waals surface area contributed by atoms with Crippen LogP contribution >= 0.6 is 0 Å². The number of carbonyl (C=O) groups excluding carboxylic acids is 1. The molecule has 0 amide bonds. The molecule has 0 radical (unpaired) electrons.